The van der Waals surface area contributed by atoms with E-state index in [1.54, 1.807) is 5.38 Å². The van der Waals surface area contributed by atoms with Gasteiger partial charge in [-0.15, -0.1) is 11.3 Å². The molecule has 0 unspecified atom stereocenters. The van der Waals surface area contributed by atoms with Gasteiger partial charge in [-0.1, -0.05) is 24.3 Å². The summed E-state index contributed by atoms with van der Waals surface area (Å²) in [6.45, 7) is 0.383. The molecule has 1 heterocycles. The van der Waals surface area contributed by atoms with Crippen LogP contribution in [0.25, 0.3) is 0 Å². The number of hydrogen-bond donors (Lipinski definition) is 3. The Morgan fingerprint density at radius 1 is 1.44 bits per heavy atom. The first kappa shape index (κ1) is 12.5. The predicted molar refractivity (Wildman–Crippen MR) is 70.1 cm³/mol. The van der Waals surface area contributed by atoms with Crippen LogP contribution in [0.5, 0.6) is 0 Å². The highest BCUT2D eigenvalue weighted by molar-refractivity contribution is 7.13. The molecule has 0 saturated heterocycles. The van der Waals surface area contributed by atoms with E-state index in [0.29, 0.717) is 17.4 Å². The van der Waals surface area contributed by atoms with Crippen LogP contribution in [0.1, 0.15) is 21.6 Å². The van der Waals surface area contributed by atoms with Crippen LogP contribution in [0.15, 0.2) is 29.6 Å². The van der Waals surface area contributed by atoms with Gasteiger partial charge >= 0.3 is 0 Å². The SMILES string of the molecule is Nc1nc(C(=O)NCc2cccc(CO)c2)cs1. The van der Waals surface area contributed by atoms with Crippen LogP contribution >= 0.6 is 11.3 Å². The van der Waals surface area contributed by atoms with E-state index in [2.05, 4.69) is 10.3 Å². The maximum absolute atomic E-state index is 11.7. The smallest absolute Gasteiger partial charge is 0.271 e. The molecule has 0 aliphatic rings. The van der Waals surface area contributed by atoms with Gasteiger partial charge in [0.2, 0.25) is 0 Å². The van der Waals surface area contributed by atoms with Crippen molar-refractivity contribution in [3.05, 3.63) is 46.5 Å². The van der Waals surface area contributed by atoms with E-state index >= 15 is 0 Å². The molecule has 2 aromatic rings. The lowest BCUT2D eigenvalue weighted by atomic mass is 10.1. The van der Waals surface area contributed by atoms with Crippen LogP contribution in [0.2, 0.25) is 0 Å². The Hall–Kier alpha value is -1.92. The Balaban J connectivity index is 1.97. The molecule has 1 aromatic carbocycles. The topological polar surface area (TPSA) is 88.2 Å². The van der Waals surface area contributed by atoms with Crippen molar-refractivity contribution in [3.63, 3.8) is 0 Å². The molecule has 4 N–H and O–H groups in total. The fraction of sp³-hybridized carbons (Fsp3) is 0.167. The molecule has 0 spiro atoms. The highest BCUT2D eigenvalue weighted by atomic mass is 32.1. The Labute approximate surface area is 108 Å². The van der Waals surface area contributed by atoms with Crippen LogP contribution in [-0.4, -0.2) is 16.0 Å². The minimum atomic E-state index is -0.252. The van der Waals surface area contributed by atoms with Crippen LogP contribution < -0.4 is 11.1 Å². The van der Waals surface area contributed by atoms with E-state index in [-0.39, 0.29) is 12.5 Å². The van der Waals surface area contributed by atoms with E-state index in [4.69, 9.17) is 10.8 Å². The number of thiazole rings is 1. The van der Waals surface area contributed by atoms with E-state index in [9.17, 15) is 4.79 Å². The number of carbonyl (C=O) groups excluding carboxylic acids is 1. The second-order valence-electron chi connectivity index (χ2n) is 3.73. The molecule has 0 bridgehead atoms. The van der Waals surface area contributed by atoms with Gasteiger partial charge < -0.3 is 16.2 Å². The number of carbonyl (C=O) groups is 1. The molecule has 0 saturated carbocycles. The van der Waals surface area contributed by atoms with Crippen molar-refractivity contribution in [3.8, 4) is 0 Å². The number of hydrogen-bond acceptors (Lipinski definition) is 5. The van der Waals surface area contributed by atoms with E-state index in [1.165, 1.54) is 11.3 Å². The normalized spacial score (nSPS) is 10.3. The number of aliphatic hydroxyl groups excluding tert-OH is 1. The van der Waals surface area contributed by atoms with Gasteiger partial charge in [0.25, 0.3) is 5.91 Å². The average Bonchev–Trinajstić information content (AvgIpc) is 2.83. The minimum Gasteiger partial charge on any atom is -0.392 e. The molecule has 0 aliphatic heterocycles. The molecule has 0 atom stereocenters. The van der Waals surface area contributed by atoms with Gasteiger partial charge in [-0.3, -0.25) is 4.79 Å². The highest BCUT2D eigenvalue weighted by Crippen LogP contribution is 2.11. The molecule has 94 valence electrons. The number of aliphatic hydroxyl groups is 1. The summed E-state index contributed by atoms with van der Waals surface area (Å²) < 4.78 is 0. The fourth-order valence-corrected chi connectivity index (χ4v) is 2.05. The number of anilines is 1. The van der Waals surface area contributed by atoms with Crippen molar-refractivity contribution in [2.24, 2.45) is 0 Å². The summed E-state index contributed by atoms with van der Waals surface area (Å²) in [5.74, 6) is -0.252. The fourth-order valence-electron chi connectivity index (χ4n) is 1.50. The summed E-state index contributed by atoms with van der Waals surface area (Å²) in [5, 5.41) is 13.8. The highest BCUT2D eigenvalue weighted by Gasteiger charge is 2.08. The van der Waals surface area contributed by atoms with Gasteiger partial charge in [0.1, 0.15) is 5.69 Å². The zero-order valence-corrected chi connectivity index (χ0v) is 10.4. The monoisotopic (exact) mass is 263 g/mol. The molecule has 0 aliphatic carbocycles. The summed E-state index contributed by atoms with van der Waals surface area (Å²) in [6, 6.07) is 7.39. The molecule has 0 radical (unpaired) electrons. The molecule has 18 heavy (non-hydrogen) atoms. The molecular weight excluding hydrogens is 250 g/mol. The summed E-state index contributed by atoms with van der Waals surface area (Å²) in [5.41, 5.74) is 7.54. The zero-order chi connectivity index (χ0) is 13.0. The van der Waals surface area contributed by atoms with E-state index in [0.717, 1.165) is 11.1 Å². The van der Waals surface area contributed by atoms with E-state index in [1.807, 2.05) is 24.3 Å². The first-order valence-corrected chi connectivity index (χ1v) is 6.25. The number of rotatable bonds is 4. The minimum absolute atomic E-state index is 0.00952. The number of nitrogens with zero attached hydrogens (tertiary/aromatic N) is 1. The second-order valence-corrected chi connectivity index (χ2v) is 4.62. The largest absolute Gasteiger partial charge is 0.392 e. The van der Waals surface area contributed by atoms with Crippen molar-refractivity contribution in [1.29, 1.82) is 0 Å². The second kappa shape index (κ2) is 5.61. The van der Waals surface area contributed by atoms with Gasteiger partial charge in [0, 0.05) is 11.9 Å². The van der Waals surface area contributed by atoms with Crippen molar-refractivity contribution < 1.29 is 9.90 Å². The van der Waals surface area contributed by atoms with Crippen LogP contribution in [0.3, 0.4) is 0 Å². The summed E-state index contributed by atoms with van der Waals surface area (Å²) in [7, 11) is 0. The molecule has 5 nitrogen and oxygen atoms in total. The molecule has 2 rings (SSSR count). The maximum atomic E-state index is 11.7. The zero-order valence-electron chi connectivity index (χ0n) is 9.59. The Morgan fingerprint density at radius 3 is 2.89 bits per heavy atom. The molecular formula is C12H13N3O2S. The van der Waals surface area contributed by atoms with Gasteiger partial charge in [-0.2, -0.15) is 0 Å². The number of nitrogens with two attached hydrogens (primary N) is 1. The van der Waals surface area contributed by atoms with Crippen molar-refractivity contribution >= 4 is 22.4 Å². The lowest BCUT2D eigenvalue weighted by Crippen LogP contribution is -2.23. The van der Waals surface area contributed by atoms with Gasteiger partial charge in [-0.25, -0.2) is 4.98 Å². The molecule has 1 amide bonds. The number of amides is 1. The van der Waals surface area contributed by atoms with Crippen LogP contribution in [0.4, 0.5) is 5.13 Å². The lowest BCUT2D eigenvalue weighted by Gasteiger charge is -2.05. The third-order valence-corrected chi connectivity index (χ3v) is 3.06. The predicted octanol–water partition coefficient (Wildman–Crippen LogP) is 1.15. The Bertz CT molecular complexity index is 554. The maximum Gasteiger partial charge on any atom is 0.271 e. The number of nitrogen functional groups attached to an aromatic ring is 1. The van der Waals surface area contributed by atoms with E-state index < -0.39 is 0 Å². The first-order valence-electron chi connectivity index (χ1n) is 5.37. The Kier molecular flexibility index (Phi) is 3.91. The third-order valence-electron chi connectivity index (χ3n) is 2.38. The molecule has 6 heteroatoms. The van der Waals surface area contributed by atoms with Gasteiger partial charge in [0.05, 0.1) is 6.61 Å². The van der Waals surface area contributed by atoms with Crippen molar-refractivity contribution in [1.82, 2.24) is 10.3 Å². The number of nitrogens with one attached hydrogen (secondary N) is 1. The number of benzene rings is 1. The average molecular weight is 263 g/mol. The number of aromatic nitrogens is 1. The van der Waals surface area contributed by atoms with Crippen LogP contribution in [0, 0.1) is 0 Å². The first-order chi connectivity index (χ1) is 8.69. The lowest BCUT2D eigenvalue weighted by molar-refractivity contribution is 0.0946. The Morgan fingerprint density at radius 2 is 2.22 bits per heavy atom. The summed E-state index contributed by atoms with van der Waals surface area (Å²) in [6.07, 6.45) is 0. The van der Waals surface area contributed by atoms with Gasteiger partial charge in [0.15, 0.2) is 5.13 Å². The third kappa shape index (κ3) is 3.06. The van der Waals surface area contributed by atoms with Crippen molar-refractivity contribution in [2.45, 2.75) is 13.2 Å². The molecule has 0 fully saturated rings. The van der Waals surface area contributed by atoms with Crippen LogP contribution in [-0.2, 0) is 13.2 Å². The van der Waals surface area contributed by atoms with Gasteiger partial charge in [-0.05, 0) is 11.1 Å². The molecule has 1 aromatic heterocycles. The summed E-state index contributed by atoms with van der Waals surface area (Å²) >= 11 is 1.23. The van der Waals surface area contributed by atoms with Crippen molar-refractivity contribution in [2.75, 3.05) is 5.73 Å². The summed E-state index contributed by atoms with van der Waals surface area (Å²) in [4.78, 5) is 15.6. The standard InChI is InChI=1S/C12H13N3O2S/c13-12-15-10(7-18-12)11(17)14-5-8-2-1-3-9(4-8)6-16/h1-4,7,16H,5-6H2,(H2,13,15)(H,14,17). The quantitative estimate of drug-likeness (QED) is 0.772.